The monoisotopic (exact) mass is 144 g/mol. The molecule has 0 heterocycles. The first-order valence-corrected chi connectivity index (χ1v) is 3.13. The van der Waals surface area contributed by atoms with Crippen molar-refractivity contribution in [1.82, 2.24) is 0 Å². The number of carbonyl (C=O) groups is 1. The molecule has 0 spiro atoms. The zero-order valence-electron chi connectivity index (χ0n) is 6.52. The number of nitrogens with two attached hydrogens (primary N) is 1. The smallest absolute Gasteiger partial charge is 0.0666 e. The van der Waals surface area contributed by atoms with Crippen molar-refractivity contribution in [3.63, 3.8) is 0 Å². The maximum absolute atomic E-state index is 9.49. The molecule has 0 aromatic rings. The topological polar surface area (TPSA) is 66.1 Å². The second kappa shape index (κ2) is 8.17. The summed E-state index contributed by atoms with van der Waals surface area (Å²) in [5.41, 5.74) is 5.09. The van der Waals surface area contributed by atoms with Gasteiger partial charge >= 0.3 is 0 Å². The van der Waals surface area contributed by atoms with Crippen molar-refractivity contribution in [3.8, 4) is 0 Å². The molecule has 0 unspecified atom stereocenters. The van der Waals surface area contributed by atoms with E-state index in [4.69, 9.17) is 5.73 Å². The van der Waals surface area contributed by atoms with E-state index in [0.717, 1.165) is 13.0 Å². The van der Waals surface area contributed by atoms with Gasteiger partial charge < -0.3 is 15.6 Å². The van der Waals surface area contributed by atoms with Gasteiger partial charge in [-0.2, -0.15) is 0 Å². The van der Waals surface area contributed by atoms with Crippen LogP contribution in [-0.4, -0.2) is 12.5 Å². The molecule has 0 amide bonds. The zero-order valence-corrected chi connectivity index (χ0v) is 6.52. The van der Waals surface area contributed by atoms with Gasteiger partial charge in [0.2, 0.25) is 0 Å². The molecule has 0 aromatic carbocycles. The van der Waals surface area contributed by atoms with Gasteiger partial charge in [0, 0.05) is 0 Å². The van der Waals surface area contributed by atoms with Crippen molar-refractivity contribution in [2.75, 3.05) is 6.54 Å². The van der Waals surface area contributed by atoms with Crippen LogP contribution in [0.15, 0.2) is 12.2 Å². The molecule has 0 fully saturated rings. The average Bonchev–Trinajstić information content (AvgIpc) is 1.89. The van der Waals surface area contributed by atoms with E-state index in [1.165, 1.54) is 6.92 Å². The van der Waals surface area contributed by atoms with Crippen LogP contribution in [0.4, 0.5) is 0 Å². The lowest BCUT2D eigenvalue weighted by atomic mass is 10.4. The van der Waals surface area contributed by atoms with Crippen LogP contribution in [0.25, 0.3) is 0 Å². The third-order valence-corrected chi connectivity index (χ3v) is 0.637. The summed E-state index contributed by atoms with van der Waals surface area (Å²) in [6.07, 6.45) is 1.10. The first-order valence-electron chi connectivity index (χ1n) is 3.13. The van der Waals surface area contributed by atoms with Gasteiger partial charge in [0.15, 0.2) is 0 Å². The number of rotatable bonds is 2. The highest BCUT2D eigenvalue weighted by atomic mass is 16.4. The van der Waals surface area contributed by atoms with Crippen molar-refractivity contribution in [2.45, 2.75) is 20.3 Å². The fourth-order valence-electron chi connectivity index (χ4n) is 0. The summed E-state index contributed by atoms with van der Waals surface area (Å²) in [7, 11) is 0. The molecule has 0 bridgehead atoms. The van der Waals surface area contributed by atoms with Gasteiger partial charge in [-0.05, 0) is 25.5 Å². The Bertz CT molecular complexity index is 96.2. The van der Waals surface area contributed by atoms with E-state index in [0.29, 0.717) is 0 Å². The second-order valence-electron chi connectivity index (χ2n) is 1.86. The lowest BCUT2D eigenvalue weighted by Crippen LogP contribution is -2.22. The molecule has 0 rings (SSSR count). The molecule has 3 nitrogen and oxygen atoms in total. The molecule has 0 atom stereocenters. The SMILES string of the molecule is C=C(C)C(=O)[O-].CCCN. The van der Waals surface area contributed by atoms with Crippen molar-refractivity contribution in [3.05, 3.63) is 12.2 Å². The van der Waals surface area contributed by atoms with Crippen LogP contribution in [0.3, 0.4) is 0 Å². The molecular formula is C7H14NO2-. The second-order valence-corrected chi connectivity index (χ2v) is 1.86. The number of carboxylic acids is 1. The van der Waals surface area contributed by atoms with Crippen molar-refractivity contribution >= 4 is 5.97 Å². The summed E-state index contributed by atoms with van der Waals surface area (Å²) in [6.45, 7) is 7.35. The van der Waals surface area contributed by atoms with Gasteiger partial charge in [-0.1, -0.05) is 13.5 Å². The Labute approximate surface area is 61.5 Å². The lowest BCUT2D eigenvalue weighted by Gasteiger charge is -1.93. The average molecular weight is 144 g/mol. The largest absolute Gasteiger partial charge is 0.545 e. The molecule has 2 N–H and O–H groups in total. The predicted molar refractivity (Wildman–Crippen MR) is 39.2 cm³/mol. The quantitative estimate of drug-likeness (QED) is 0.539. The van der Waals surface area contributed by atoms with Crippen molar-refractivity contribution in [1.29, 1.82) is 0 Å². The van der Waals surface area contributed by atoms with Crippen LogP contribution >= 0.6 is 0 Å². The fourth-order valence-corrected chi connectivity index (χ4v) is 0. The molecule has 0 saturated carbocycles. The van der Waals surface area contributed by atoms with E-state index in [1.807, 2.05) is 0 Å². The van der Waals surface area contributed by atoms with Crippen LogP contribution in [0, 0.1) is 0 Å². The molecule has 3 heteroatoms. The van der Waals surface area contributed by atoms with E-state index < -0.39 is 5.97 Å². The molecule has 0 radical (unpaired) electrons. The number of carboxylic acid groups (broad SMARTS) is 1. The highest BCUT2D eigenvalue weighted by molar-refractivity contribution is 5.82. The lowest BCUT2D eigenvalue weighted by molar-refractivity contribution is -0.299. The Morgan fingerprint density at radius 1 is 1.70 bits per heavy atom. The number of carbonyl (C=O) groups excluding carboxylic acids is 1. The molecule has 0 saturated heterocycles. The summed E-state index contributed by atoms with van der Waals surface area (Å²) < 4.78 is 0. The Balaban J connectivity index is 0. The normalized spacial score (nSPS) is 7.50. The Morgan fingerprint density at radius 2 is 1.90 bits per heavy atom. The highest BCUT2D eigenvalue weighted by Crippen LogP contribution is 1.77. The molecule has 0 aliphatic heterocycles. The minimum Gasteiger partial charge on any atom is -0.545 e. The minimum atomic E-state index is -1.19. The maximum atomic E-state index is 9.49. The van der Waals surface area contributed by atoms with Gasteiger partial charge in [-0.25, -0.2) is 0 Å². The van der Waals surface area contributed by atoms with Crippen molar-refractivity contribution < 1.29 is 9.90 Å². The van der Waals surface area contributed by atoms with Crippen LogP contribution in [-0.2, 0) is 4.79 Å². The summed E-state index contributed by atoms with van der Waals surface area (Å²) in [4.78, 5) is 9.49. The minimum absolute atomic E-state index is 0.0648. The summed E-state index contributed by atoms with van der Waals surface area (Å²) >= 11 is 0. The predicted octanol–water partition coefficient (Wildman–Crippen LogP) is -0.333. The number of hydrogen-bond acceptors (Lipinski definition) is 3. The summed E-state index contributed by atoms with van der Waals surface area (Å²) in [5.74, 6) is -1.19. The molecule has 10 heavy (non-hydrogen) atoms. The van der Waals surface area contributed by atoms with E-state index in [9.17, 15) is 9.90 Å². The zero-order chi connectivity index (χ0) is 8.57. The van der Waals surface area contributed by atoms with Crippen LogP contribution in [0.1, 0.15) is 20.3 Å². The first kappa shape index (κ1) is 11.9. The van der Waals surface area contributed by atoms with Gasteiger partial charge in [0.25, 0.3) is 0 Å². The third-order valence-electron chi connectivity index (χ3n) is 0.637. The summed E-state index contributed by atoms with van der Waals surface area (Å²) in [5, 5.41) is 9.49. The molecular weight excluding hydrogens is 130 g/mol. The Hall–Kier alpha value is -0.830. The van der Waals surface area contributed by atoms with Gasteiger partial charge in [-0.15, -0.1) is 0 Å². The third kappa shape index (κ3) is 15.7. The molecule has 0 aliphatic rings. The van der Waals surface area contributed by atoms with Crippen LogP contribution in [0.5, 0.6) is 0 Å². The van der Waals surface area contributed by atoms with Crippen molar-refractivity contribution in [2.24, 2.45) is 5.73 Å². The van der Waals surface area contributed by atoms with Gasteiger partial charge in [0.05, 0.1) is 5.97 Å². The molecule has 0 aliphatic carbocycles. The molecule has 60 valence electrons. The van der Waals surface area contributed by atoms with E-state index >= 15 is 0 Å². The standard InChI is InChI=1S/C4H6O2.C3H9N/c1-3(2)4(5)6;1-2-3-4/h1H2,2H3,(H,5,6);2-4H2,1H3/p-1. The maximum Gasteiger partial charge on any atom is 0.0666 e. The fraction of sp³-hybridized carbons (Fsp3) is 0.571. The number of hydrogen-bond donors (Lipinski definition) is 1. The number of aliphatic carboxylic acids is 1. The van der Waals surface area contributed by atoms with Crippen LogP contribution < -0.4 is 10.8 Å². The Morgan fingerprint density at radius 3 is 1.90 bits per heavy atom. The van der Waals surface area contributed by atoms with E-state index in [2.05, 4.69) is 13.5 Å². The molecule has 0 aromatic heterocycles. The van der Waals surface area contributed by atoms with Gasteiger partial charge in [-0.3, -0.25) is 0 Å². The van der Waals surface area contributed by atoms with E-state index in [-0.39, 0.29) is 5.57 Å². The first-order chi connectivity index (χ1) is 4.56. The highest BCUT2D eigenvalue weighted by Gasteiger charge is 1.76. The Kier molecular flexibility index (Phi) is 9.73. The van der Waals surface area contributed by atoms with E-state index in [1.54, 1.807) is 0 Å². The summed E-state index contributed by atoms with van der Waals surface area (Å²) in [6, 6.07) is 0. The van der Waals surface area contributed by atoms with Crippen LogP contribution in [0.2, 0.25) is 0 Å². The van der Waals surface area contributed by atoms with Gasteiger partial charge in [0.1, 0.15) is 0 Å².